The zero-order valence-electron chi connectivity index (χ0n) is 26.0. The van der Waals surface area contributed by atoms with Gasteiger partial charge in [0.25, 0.3) is 5.91 Å². The number of nitrogens with zero attached hydrogens (tertiary/aromatic N) is 1. The number of aliphatic hydroxyl groups is 1. The van der Waals surface area contributed by atoms with Gasteiger partial charge < -0.3 is 20.5 Å². The van der Waals surface area contributed by atoms with Crippen LogP contribution in [-0.2, 0) is 25.3 Å². The lowest BCUT2D eigenvalue weighted by atomic mass is 10.00. The molecule has 0 bridgehead atoms. The number of carbonyl (C=O) groups excluding carboxylic acids is 1. The van der Waals surface area contributed by atoms with Crippen molar-refractivity contribution in [3.63, 3.8) is 0 Å². The SMILES string of the molecule is CC(C)Oc1cc(C(=O)N[C@@H](Cc2ccccc2)[C@@H](O)CNCc2cc(C(F)(F)F)cc(C(F)(F)F)c2)cc(N2CCCS2(O)O)c1.Cl. The highest BCUT2D eigenvalue weighted by atomic mass is 35.5. The third-order valence-corrected chi connectivity index (χ3v) is 9.29. The molecule has 1 amide bonds. The lowest BCUT2D eigenvalue weighted by Gasteiger charge is -2.38. The van der Waals surface area contributed by atoms with Crippen LogP contribution in [0.3, 0.4) is 0 Å². The van der Waals surface area contributed by atoms with Crippen LogP contribution in [0.5, 0.6) is 5.75 Å². The van der Waals surface area contributed by atoms with Crippen molar-refractivity contribution in [2.24, 2.45) is 0 Å². The van der Waals surface area contributed by atoms with Crippen LogP contribution in [0.1, 0.15) is 52.9 Å². The van der Waals surface area contributed by atoms with Crippen LogP contribution in [0.2, 0.25) is 0 Å². The topological polar surface area (TPSA) is 114 Å². The highest BCUT2D eigenvalue weighted by molar-refractivity contribution is 8.25. The van der Waals surface area contributed by atoms with Gasteiger partial charge in [-0.1, -0.05) is 30.3 Å². The molecule has 1 aliphatic rings. The molecule has 1 saturated heterocycles. The largest absolute Gasteiger partial charge is 0.491 e. The monoisotopic (exact) mass is 725 g/mol. The second-order valence-electron chi connectivity index (χ2n) is 11.6. The molecule has 8 nitrogen and oxygen atoms in total. The zero-order chi connectivity index (χ0) is 34.6. The molecule has 4 rings (SSSR count). The molecule has 0 aromatic heterocycles. The van der Waals surface area contributed by atoms with E-state index in [9.17, 15) is 45.3 Å². The predicted octanol–water partition coefficient (Wildman–Crippen LogP) is 7.30. The van der Waals surface area contributed by atoms with Crippen LogP contribution in [0, 0.1) is 0 Å². The normalized spacial score (nSPS) is 16.6. The lowest BCUT2D eigenvalue weighted by Crippen LogP contribution is -2.48. The van der Waals surface area contributed by atoms with E-state index in [1.807, 2.05) is 0 Å². The number of carbonyl (C=O) groups is 1. The van der Waals surface area contributed by atoms with E-state index >= 15 is 0 Å². The third kappa shape index (κ3) is 10.6. The molecule has 3 aromatic rings. The fraction of sp³-hybridized carbons (Fsp3) is 0.406. The van der Waals surface area contributed by atoms with E-state index in [0.29, 0.717) is 36.5 Å². The van der Waals surface area contributed by atoms with Gasteiger partial charge in [-0.2, -0.15) is 26.3 Å². The molecule has 16 heteroatoms. The molecule has 266 valence electrons. The van der Waals surface area contributed by atoms with E-state index in [1.165, 1.54) is 16.4 Å². The molecule has 0 saturated carbocycles. The molecular weight excluding hydrogens is 688 g/mol. The Labute approximate surface area is 282 Å². The number of benzene rings is 3. The first-order valence-electron chi connectivity index (χ1n) is 14.8. The molecule has 1 heterocycles. The van der Waals surface area contributed by atoms with Crippen molar-refractivity contribution < 1.29 is 50.1 Å². The summed E-state index contributed by atoms with van der Waals surface area (Å²) >= 11 is 0. The van der Waals surface area contributed by atoms with Gasteiger partial charge >= 0.3 is 12.4 Å². The van der Waals surface area contributed by atoms with Crippen molar-refractivity contribution in [3.8, 4) is 5.75 Å². The number of halogens is 7. The predicted molar refractivity (Wildman–Crippen MR) is 175 cm³/mol. The van der Waals surface area contributed by atoms with E-state index in [1.54, 1.807) is 50.2 Å². The molecule has 0 radical (unpaired) electrons. The van der Waals surface area contributed by atoms with E-state index in [4.69, 9.17) is 4.74 Å². The smallest absolute Gasteiger partial charge is 0.416 e. The lowest BCUT2D eigenvalue weighted by molar-refractivity contribution is -0.143. The van der Waals surface area contributed by atoms with E-state index in [-0.39, 0.29) is 54.4 Å². The standard InChI is InChI=1S/C32H37F6N3O5S.ClH/c1-20(2)46-27-15-23(14-26(17-27)41-9-6-10-47(41,44)45)30(43)40-28(13-21-7-4-3-5-8-21)29(42)19-39-18-22-11-24(31(33,34)35)16-25(12-22)32(36,37)38;/h3-5,7-8,11-12,14-17,20,28-29,39,42,44-45H,6,9-10,13,18-19H2,1-2H3,(H,40,43);1H/t28-,29-;/m0./s1. The van der Waals surface area contributed by atoms with Crippen LogP contribution >= 0.6 is 23.2 Å². The quantitative estimate of drug-likeness (QED) is 0.125. The Hall–Kier alpha value is -3.21. The Bertz CT molecular complexity index is 1500. The number of ether oxygens (including phenoxy) is 1. The highest BCUT2D eigenvalue weighted by Gasteiger charge is 2.37. The molecule has 2 atom stereocenters. The number of anilines is 1. The molecule has 1 fully saturated rings. The van der Waals surface area contributed by atoms with Crippen LogP contribution < -0.4 is 19.7 Å². The van der Waals surface area contributed by atoms with Gasteiger partial charge in [0.1, 0.15) is 5.75 Å². The first-order chi connectivity index (χ1) is 21.9. The average molecular weight is 726 g/mol. The van der Waals surface area contributed by atoms with Crippen molar-refractivity contribution in [2.45, 2.75) is 63.8 Å². The Morgan fingerprint density at radius 2 is 1.56 bits per heavy atom. The van der Waals surface area contributed by atoms with Crippen molar-refractivity contribution in [1.29, 1.82) is 0 Å². The average Bonchev–Trinajstić information content (AvgIpc) is 3.34. The van der Waals surface area contributed by atoms with Crippen molar-refractivity contribution in [3.05, 3.63) is 94.5 Å². The fourth-order valence-corrected chi connectivity index (χ4v) is 6.79. The minimum absolute atomic E-state index is 0. The van der Waals surface area contributed by atoms with Crippen molar-refractivity contribution in [1.82, 2.24) is 10.6 Å². The summed E-state index contributed by atoms with van der Waals surface area (Å²) in [5.74, 6) is -0.130. The van der Waals surface area contributed by atoms with Gasteiger partial charge in [-0.25, -0.2) is 0 Å². The van der Waals surface area contributed by atoms with Gasteiger partial charge in [-0.05, 0) is 68.1 Å². The van der Waals surface area contributed by atoms with E-state index in [2.05, 4.69) is 10.6 Å². The Balaban J connectivity index is 0.00000625. The molecule has 5 N–H and O–H groups in total. The van der Waals surface area contributed by atoms with Gasteiger partial charge in [-0.15, -0.1) is 23.2 Å². The number of alkyl halides is 6. The van der Waals surface area contributed by atoms with Crippen LogP contribution in [-0.4, -0.2) is 57.2 Å². The molecule has 0 aliphatic carbocycles. The summed E-state index contributed by atoms with van der Waals surface area (Å²) in [6.07, 6.45) is -10.9. The summed E-state index contributed by atoms with van der Waals surface area (Å²) in [6.45, 7) is 3.23. The Morgan fingerprint density at radius 1 is 0.938 bits per heavy atom. The van der Waals surface area contributed by atoms with E-state index in [0.717, 1.165) is 5.56 Å². The molecule has 0 unspecified atom stereocenters. The molecule has 3 aromatic carbocycles. The molecule has 48 heavy (non-hydrogen) atoms. The summed E-state index contributed by atoms with van der Waals surface area (Å²) in [7, 11) is -3.09. The summed E-state index contributed by atoms with van der Waals surface area (Å²) in [4.78, 5) is 13.6. The first kappa shape index (κ1) is 39.2. The summed E-state index contributed by atoms with van der Waals surface area (Å²) in [6, 6.07) is 13.7. The Kier molecular flexibility index (Phi) is 13.1. The minimum Gasteiger partial charge on any atom is -0.491 e. The third-order valence-electron chi connectivity index (χ3n) is 7.36. The van der Waals surface area contributed by atoms with Crippen LogP contribution in [0.15, 0.2) is 66.7 Å². The zero-order valence-corrected chi connectivity index (χ0v) is 27.6. The number of amides is 1. The van der Waals surface area contributed by atoms with Gasteiger partial charge in [0.05, 0.1) is 40.8 Å². The fourth-order valence-electron chi connectivity index (χ4n) is 5.19. The minimum atomic E-state index is -5.00. The maximum atomic E-state index is 13.6. The Morgan fingerprint density at radius 3 is 2.10 bits per heavy atom. The number of rotatable bonds is 12. The summed E-state index contributed by atoms with van der Waals surface area (Å²) in [5, 5.41) is 16.6. The number of nitrogens with one attached hydrogen (secondary N) is 2. The van der Waals surface area contributed by atoms with E-state index < -0.39 is 58.9 Å². The maximum absolute atomic E-state index is 13.6. The van der Waals surface area contributed by atoms with Crippen molar-refractivity contribution >= 4 is 34.8 Å². The summed E-state index contributed by atoms with van der Waals surface area (Å²) in [5.41, 5.74) is -1.96. The second-order valence-corrected chi connectivity index (χ2v) is 13.7. The van der Waals surface area contributed by atoms with Crippen LogP contribution in [0.4, 0.5) is 32.0 Å². The summed E-state index contributed by atoms with van der Waals surface area (Å²) < 4.78 is 108. The first-order valence-corrected chi connectivity index (χ1v) is 16.5. The van der Waals surface area contributed by atoms with Gasteiger partial charge in [0, 0.05) is 31.3 Å². The van der Waals surface area contributed by atoms with Crippen molar-refractivity contribution in [2.75, 3.05) is 23.1 Å². The molecular formula is C32H38ClF6N3O5S. The maximum Gasteiger partial charge on any atom is 0.416 e. The highest BCUT2D eigenvalue weighted by Crippen LogP contribution is 2.51. The number of hydrogen-bond donors (Lipinski definition) is 5. The second kappa shape index (κ2) is 16.0. The number of aliphatic hydroxyl groups excluding tert-OH is 1. The number of hydrogen-bond acceptors (Lipinski definition) is 7. The van der Waals surface area contributed by atoms with Gasteiger partial charge in [0.15, 0.2) is 0 Å². The van der Waals surface area contributed by atoms with Crippen LogP contribution in [0.25, 0.3) is 0 Å². The van der Waals surface area contributed by atoms with Gasteiger partial charge in [-0.3, -0.25) is 18.2 Å². The molecule has 0 spiro atoms. The van der Waals surface area contributed by atoms with Gasteiger partial charge in [0.2, 0.25) is 0 Å². The molecule has 1 aliphatic heterocycles.